The summed E-state index contributed by atoms with van der Waals surface area (Å²) in [4.78, 5) is 12.4. The normalized spacial score (nSPS) is 13.9. The molecule has 4 aromatic rings. The van der Waals surface area contributed by atoms with E-state index < -0.39 is 0 Å². The number of fused-ring (bicyclic) bond motifs is 1. The molecule has 1 N–H and O–H groups in total. The van der Waals surface area contributed by atoms with Gasteiger partial charge in [0.05, 0.1) is 24.0 Å². The number of nitrogens with one attached hydrogen (secondary N) is 1. The first-order chi connectivity index (χ1) is 13.3. The summed E-state index contributed by atoms with van der Waals surface area (Å²) >= 11 is 2.84. The van der Waals surface area contributed by atoms with Crippen LogP contribution in [0.1, 0.15) is 34.8 Å². The van der Waals surface area contributed by atoms with Crippen molar-refractivity contribution >= 4 is 40.0 Å². The molecule has 136 valence electrons. The molecule has 0 unspecified atom stereocenters. The van der Waals surface area contributed by atoms with Gasteiger partial charge in [0, 0.05) is 34.7 Å². The number of hydrogen-bond acceptors (Lipinski definition) is 6. The lowest BCUT2D eigenvalue weighted by Gasteiger charge is -2.08. The van der Waals surface area contributed by atoms with Gasteiger partial charge in [-0.1, -0.05) is 0 Å². The van der Waals surface area contributed by atoms with Crippen LogP contribution in [-0.2, 0) is 6.54 Å². The summed E-state index contributed by atoms with van der Waals surface area (Å²) in [5.41, 5.74) is 5.65. The first-order valence-corrected chi connectivity index (χ1v) is 10.6. The highest BCUT2D eigenvalue weighted by Crippen LogP contribution is 2.41. The molecular weight excluding hydrogens is 378 g/mol. The van der Waals surface area contributed by atoms with Crippen molar-refractivity contribution in [1.29, 1.82) is 0 Å². The van der Waals surface area contributed by atoms with Crippen molar-refractivity contribution in [3.63, 3.8) is 0 Å². The Bertz CT molecular complexity index is 1090. The largest absolute Gasteiger partial charge is 0.350 e. The van der Waals surface area contributed by atoms with Crippen molar-refractivity contribution in [3.05, 3.63) is 52.3 Å². The lowest BCUT2D eigenvalue weighted by atomic mass is 10.2. The molecule has 0 spiro atoms. The van der Waals surface area contributed by atoms with Crippen molar-refractivity contribution < 1.29 is 4.79 Å². The van der Waals surface area contributed by atoms with Crippen molar-refractivity contribution in [2.75, 3.05) is 6.54 Å². The standard InChI is InChI=1S/C19H17N5OS2/c25-19(13-3-4-15-17(9-13)23-27-22-15)20-6-7-24-18(12-1-2-12)10-16(21-24)14-5-8-26-11-14/h3-5,8-12H,1-2,6-7H2,(H,20,25). The number of amides is 1. The van der Waals surface area contributed by atoms with Crippen molar-refractivity contribution in [2.24, 2.45) is 0 Å². The number of benzene rings is 1. The van der Waals surface area contributed by atoms with Gasteiger partial charge in [0.1, 0.15) is 11.0 Å². The third-order valence-corrected chi connectivity index (χ3v) is 5.99. The van der Waals surface area contributed by atoms with E-state index in [1.807, 2.05) is 6.07 Å². The van der Waals surface area contributed by atoms with Crippen LogP contribution in [0.4, 0.5) is 0 Å². The first-order valence-electron chi connectivity index (χ1n) is 8.89. The van der Waals surface area contributed by atoms with Crippen LogP contribution in [0.15, 0.2) is 41.1 Å². The molecule has 5 rings (SSSR count). The van der Waals surface area contributed by atoms with E-state index in [1.54, 1.807) is 23.5 Å². The van der Waals surface area contributed by atoms with E-state index in [0.717, 1.165) is 34.0 Å². The van der Waals surface area contributed by atoms with Gasteiger partial charge in [0.15, 0.2) is 0 Å². The van der Waals surface area contributed by atoms with Crippen LogP contribution in [0.5, 0.6) is 0 Å². The molecule has 1 saturated carbocycles. The van der Waals surface area contributed by atoms with E-state index in [0.29, 0.717) is 24.6 Å². The highest BCUT2D eigenvalue weighted by atomic mass is 32.1. The van der Waals surface area contributed by atoms with Gasteiger partial charge in [-0.3, -0.25) is 9.48 Å². The lowest BCUT2D eigenvalue weighted by molar-refractivity contribution is 0.0952. The van der Waals surface area contributed by atoms with Gasteiger partial charge < -0.3 is 5.32 Å². The second kappa shape index (κ2) is 6.86. The zero-order chi connectivity index (χ0) is 18.2. The SMILES string of the molecule is O=C(NCCn1nc(-c2ccsc2)cc1C1CC1)c1ccc2nsnc2c1. The zero-order valence-corrected chi connectivity index (χ0v) is 16.1. The summed E-state index contributed by atoms with van der Waals surface area (Å²) in [6, 6.07) is 9.70. The summed E-state index contributed by atoms with van der Waals surface area (Å²) in [7, 11) is 0. The van der Waals surface area contributed by atoms with Crippen LogP contribution in [0.25, 0.3) is 22.3 Å². The number of hydrogen-bond donors (Lipinski definition) is 1. The Kier molecular flexibility index (Phi) is 4.21. The molecule has 1 fully saturated rings. The molecule has 1 aromatic carbocycles. The van der Waals surface area contributed by atoms with Gasteiger partial charge in [0.2, 0.25) is 0 Å². The second-order valence-corrected chi connectivity index (χ2v) is 8.00. The Morgan fingerprint density at radius 1 is 1.19 bits per heavy atom. The summed E-state index contributed by atoms with van der Waals surface area (Å²) in [6.45, 7) is 1.21. The predicted octanol–water partition coefficient (Wildman–Crippen LogP) is 3.92. The van der Waals surface area contributed by atoms with E-state index in [-0.39, 0.29) is 5.91 Å². The molecule has 6 nitrogen and oxygen atoms in total. The van der Waals surface area contributed by atoms with Gasteiger partial charge in [-0.2, -0.15) is 25.2 Å². The fourth-order valence-electron chi connectivity index (χ4n) is 3.17. The van der Waals surface area contributed by atoms with E-state index in [4.69, 9.17) is 5.10 Å². The van der Waals surface area contributed by atoms with Crippen LogP contribution in [0, 0.1) is 0 Å². The molecule has 3 heterocycles. The lowest BCUT2D eigenvalue weighted by Crippen LogP contribution is -2.27. The molecule has 1 aliphatic rings. The van der Waals surface area contributed by atoms with Gasteiger partial charge >= 0.3 is 0 Å². The van der Waals surface area contributed by atoms with E-state index in [9.17, 15) is 4.79 Å². The number of thiophene rings is 1. The third-order valence-electron chi connectivity index (χ3n) is 4.75. The minimum Gasteiger partial charge on any atom is -0.350 e. The maximum Gasteiger partial charge on any atom is 0.251 e. The monoisotopic (exact) mass is 395 g/mol. The highest BCUT2D eigenvalue weighted by Gasteiger charge is 2.28. The molecule has 0 aliphatic heterocycles. The first kappa shape index (κ1) is 16.6. The van der Waals surface area contributed by atoms with E-state index in [1.165, 1.54) is 18.5 Å². The maximum absolute atomic E-state index is 12.4. The molecule has 0 atom stereocenters. The Hall–Kier alpha value is -2.58. The molecule has 3 aromatic heterocycles. The van der Waals surface area contributed by atoms with Gasteiger partial charge in [0.25, 0.3) is 5.91 Å². The number of carbonyl (C=O) groups is 1. The van der Waals surface area contributed by atoms with Crippen molar-refractivity contribution in [1.82, 2.24) is 23.8 Å². The second-order valence-electron chi connectivity index (χ2n) is 6.69. The zero-order valence-electron chi connectivity index (χ0n) is 14.5. The van der Waals surface area contributed by atoms with Gasteiger partial charge in [-0.15, -0.1) is 0 Å². The summed E-state index contributed by atoms with van der Waals surface area (Å²) < 4.78 is 10.4. The fraction of sp³-hybridized carbons (Fsp3) is 0.263. The van der Waals surface area contributed by atoms with E-state index in [2.05, 4.69) is 41.6 Å². The van der Waals surface area contributed by atoms with Crippen LogP contribution >= 0.6 is 23.1 Å². The molecule has 1 amide bonds. The minimum atomic E-state index is -0.0944. The molecule has 0 saturated heterocycles. The molecule has 27 heavy (non-hydrogen) atoms. The molecule has 8 heteroatoms. The molecule has 0 radical (unpaired) electrons. The molecule has 0 bridgehead atoms. The van der Waals surface area contributed by atoms with Crippen molar-refractivity contribution in [3.8, 4) is 11.3 Å². The number of rotatable bonds is 6. The predicted molar refractivity (Wildman–Crippen MR) is 107 cm³/mol. The Labute approximate surface area is 164 Å². The Balaban J connectivity index is 1.27. The average molecular weight is 396 g/mol. The maximum atomic E-state index is 12.4. The summed E-state index contributed by atoms with van der Waals surface area (Å²) in [5.74, 6) is 0.517. The van der Waals surface area contributed by atoms with Gasteiger partial charge in [-0.05, 0) is 48.6 Å². The van der Waals surface area contributed by atoms with E-state index >= 15 is 0 Å². The van der Waals surface area contributed by atoms with Gasteiger partial charge in [-0.25, -0.2) is 0 Å². The Morgan fingerprint density at radius 2 is 2.07 bits per heavy atom. The Morgan fingerprint density at radius 3 is 2.89 bits per heavy atom. The highest BCUT2D eigenvalue weighted by molar-refractivity contribution is 7.08. The number of carbonyl (C=O) groups excluding carboxylic acids is 1. The van der Waals surface area contributed by atoms with Crippen molar-refractivity contribution in [2.45, 2.75) is 25.3 Å². The van der Waals surface area contributed by atoms with Crippen LogP contribution in [0.2, 0.25) is 0 Å². The third kappa shape index (κ3) is 3.38. The van der Waals surface area contributed by atoms with Crippen LogP contribution < -0.4 is 5.32 Å². The minimum absolute atomic E-state index is 0.0944. The fourth-order valence-corrected chi connectivity index (χ4v) is 4.34. The summed E-state index contributed by atoms with van der Waals surface area (Å²) in [6.07, 6.45) is 2.45. The number of aromatic nitrogens is 4. The molecular formula is C19H17N5OS2. The van der Waals surface area contributed by atoms with Crippen LogP contribution in [0.3, 0.4) is 0 Å². The van der Waals surface area contributed by atoms with Crippen LogP contribution in [-0.4, -0.2) is 31.0 Å². The number of nitrogens with zero attached hydrogens (tertiary/aromatic N) is 4. The summed E-state index contributed by atoms with van der Waals surface area (Å²) in [5, 5.41) is 12.0. The average Bonchev–Trinajstić information content (AvgIpc) is 3.10. The quantitative estimate of drug-likeness (QED) is 0.537. The molecule has 1 aliphatic carbocycles. The smallest absolute Gasteiger partial charge is 0.251 e. The topological polar surface area (TPSA) is 72.7 Å².